The van der Waals surface area contributed by atoms with Gasteiger partial charge in [-0.05, 0) is 11.1 Å². The number of hydrogen-bond acceptors (Lipinski definition) is 3. The maximum absolute atomic E-state index is 9.50. The molecule has 2 atom stereocenters. The van der Waals surface area contributed by atoms with Gasteiger partial charge in [0.2, 0.25) is 0 Å². The summed E-state index contributed by atoms with van der Waals surface area (Å²) >= 11 is 0. The van der Waals surface area contributed by atoms with Gasteiger partial charge in [-0.2, -0.15) is 15.8 Å². The van der Waals surface area contributed by atoms with E-state index >= 15 is 0 Å². The average Bonchev–Trinajstić information content (AvgIpc) is 2.56. The van der Waals surface area contributed by atoms with Crippen molar-refractivity contribution in [1.29, 1.82) is 15.8 Å². The number of rotatable bonds is 4. The van der Waals surface area contributed by atoms with E-state index in [0.717, 1.165) is 11.1 Å². The molecular formula is C18H13N3. The van der Waals surface area contributed by atoms with E-state index in [1.807, 2.05) is 60.7 Å². The molecule has 2 unspecified atom stereocenters. The van der Waals surface area contributed by atoms with E-state index in [-0.39, 0.29) is 0 Å². The molecule has 3 nitrogen and oxygen atoms in total. The van der Waals surface area contributed by atoms with E-state index in [1.54, 1.807) is 0 Å². The third-order valence-electron chi connectivity index (χ3n) is 3.46. The summed E-state index contributed by atoms with van der Waals surface area (Å²) in [6.45, 7) is 0. The molecule has 0 spiro atoms. The van der Waals surface area contributed by atoms with Crippen LogP contribution in [0.1, 0.15) is 23.0 Å². The minimum Gasteiger partial charge on any atom is -0.198 e. The first-order valence-electron chi connectivity index (χ1n) is 6.60. The van der Waals surface area contributed by atoms with E-state index < -0.39 is 17.8 Å². The van der Waals surface area contributed by atoms with Gasteiger partial charge in [0.15, 0.2) is 0 Å². The van der Waals surface area contributed by atoms with Crippen LogP contribution in [-0.2, 0) is 0 Å². The normalized spacial score (nSPS) is 14.0. The SMILES string of the molecule is N#CC(c1ccccc1)C(C#N)C(C#N)c1ccccc1. The Morgan fingerprint density at radius 3 is 1.24 bits per heavy atom. The van der Waals surface area contributed by atoms with Crippen molar-refractivity contribution in [1.82, 2.24) is 0 Å². The molecular weight excluding hydrogens is 258 g/mol. The predicted molar refractivity (Wildman–Crippen MR) is 78.7 cm³/mol. The van der Waals surface area contributed by atoms with Gasteiger partial charge in [-0.1, -0.05) is 60.7 Å². The second-order valence-corrected chi connectivity index (χ2v) is 4.69. The monoisotopic (exact) mass is 271 g/mol. The van der Waals surface area contributed by atoms with Crippen LogP contribution >= 0.6 is 0 Å². The Morgan fingerprint density at radius 1 is 0.571 bits per heavy atom. The molecule has 0 amide bonds. The molecule has 2 rings (SSSR count). The second-order valence-electron chi connectivity index (χ2n) is 4.69. The van der Waals surface area contributed by atoms with Crippen molar-refractivity contribution in [2.45, 2.75) is 11.8 Å². The number of nitriles is 3. The fourth-order valence-electron chi connectivity index (χ4n) is 2.39. The molecule has 0 fully saturated rings. The molecule has 3 heteroatoms. The largest absolute Gasteiger partial charge is 0.198 e. The lowest BCUT2D eigenvalue weighted by Gasteiger charge is -2.20. The molecule has 0 aliphatic heterocycles. The van der Waals surface area contributed by atoms with Gasteiger partial charge in [0, 0.05) is 0 Å². The van der Waals surface area contributed by atoms with E-state index in [0.29, 0.717) is 0 Å². The van der Waals surface area contributed by atoms with Crippen molar-refractivity contribution < 1.29 is 0 Å². The zero-order valence-electron chi connectivity index (χ0n) is 11.3. The fraction of sp³-hybridized carbons (Fsp3) is 0.167. The van der Waals surface area contributed by atoms with E-state index in [4.69, 9.17) is 0 Å². The highest BCUT2D eigenvalue weighted by atomic mass is 14.4. The highest BCUT2D eigenvalue weighted by molar-refractivity contribution is 5.35. The predicted octanol–water partition coefficient (Wildman–Crippen LogP) is 3.74. The Kier molecular flexibility index (Phi) is 4.70. The van der Waals surface area contributed by atoms with Crippen LogP contribution in [-0.4, -0.2) is 0 Å². The van der Waals surface area contributed by atoms with Crippen LogP contribution < -0.4 is 0 Å². The quantitative estimate of drug-likeness (QED) is 0.850. The van der Waals surface area contributed by atoms with Gasteiger partial charge in [-0.3, -0.25) is 0 Å². The standard InChI is InChI=1S/C18H13N3/c19-11-16(14-7-3-1-4-8-14)18(13-21)17(12-20)15-9-5-2-6-10-15/h1-10,16-18H. The first kappa shape index (κ1) is 14.3. The minimum absolute atomic E-state index is 0.624. The molecule has 100 valence electrons. The Morgan fingerprint density at radius 2 is 0.952 bits per heavy atom. The lowest BCUT2D eigenvalue weighted by atomic mass is 9.77. The van der Waals surface area contributed by atoms with Crippen LogP contribution in [0.15, 0.2) is 60.7 Å². The van der Waals surface area contributed by atoms with Crippen molar-refractivity contribution in [2.24, 2.45) is 5.92 Å². The van der Waals surface area contributed by atoms with Gasteiger partial charge in [0.25, 0.3) is 0 Å². The Hall–Kier alpha value is -3.09. The van der Waals surface area contributed by atoms with Crippen LogP contribution in [0.5, 0.6) is 0 Å². The lowest BCUT2D eigenvalue weighted by molar-refractivity contribution is 0.554. The molecule has 2 aromatic carbocycles. The maximum atomic E-state index is 9.50. The van der Waals surface area contributed by atoms with Crippen molar-refractivity contribution in [3.8, 4) is 18.2 Å². The molecule has 0 aliphatic carbocycles. The molecule has 0 radical (unpaired) electrons. The van der Waals surface area contributed by atoms with Crippen molar-refractivity contribution >= 4 is 0 Å². The number of nitrogens with zero attached hydrogens (tertiary/aromatic N) is 3. The van der Waals surface area contributed by atoms with Crippen molar-refractivity contribution in [3.05, 3.63) is 71.8 Å². The van der Waals surface area contributed by atoms with Gasteiger partial charge < -0.3 is 0 Å². The van der Waals surface area contributed by atoms with Gasteiger partial charge in [0.1, 0.15) is 0 Å². The summed E-state index contributed by atoms with van der Waals surface area (Å²) in [5.41, 5.74) is 1.53. The molecule has 0 aliphatic rings. The highest BCUT2D eigenvalue weighted by Crippen LogP contribution is 2.35. The zero-order chi connectivity index (χ0) is 15.1. The Bertz CT molecular complexity index is 645. The van der Waals surface area contributed by atoms with Gasteiger partial charge >= 0.3 is 0 Å². The summed E-state index contributed by atoms with van der Waals surface area (Å²) in [4.78, 5) is 0. The molecule has 2 aromatic rings. The molecule has 21 heavy (non-hydrogen) atoms. The third kappa shape index (κ3) is 3.08. The summed E-state index contributed by atoms with van der Waals surface area (Å²) in [6.07, 6.45) is 0. The van der Waals surface area contributed by atoms with Gasteiger partial charge in [-0.25, -0.2) is 0 Å². The first-order valence-corrected chi connectivity index (χ1v) is 6.60. The van der Waals surface area contributed by atoms with E-state index in [2.05, 4.69) is 18.2 Å². The van der Waals surface area contributed by atoms with Crippen LogP contribution in [0.25, 0.3) is 0 Å². The summed E-state index contributed by atoms with van der Waals surface area (Å²) in [6, 6.07) is 24.8. The van der Waals surface area contributed by atoms with Gasteiger partial charge in [-0.15, -0.1) is 0 Å². The molecule has 0 aromatic heterocycles. The number of benzene rings is 2. The Labute approximate surface area is 124 Å². The topological polar surface area (TPSA) is 71.4 Å². The zero-order valence-corrected chi connectivity index (χ0v) is 11.3. The molecule has 0 N–H and O–H groups in total. The number of hydrogen-bond donors (Lipinski definition) is 0. The molecule has 0 heterocycles. The van der Waals surface area contributed by atoms with Crippen molar-refractivity contribution in [3.63, 3.8) is 0 Å². The smallest absolute Gasteiger partial charge is 0.0887 e. The van der Waals surface area contributed by atoms with Crippen molar-refractivity contribution in [2.75, 3.05) is 0 Å². The van der Waals surface area contributed by atoms with Crippen LogP contribution in [0, 0.1) is 39.9 Å². The summed E-state index contributed by atoms with van der Waals surface area (Å²) < 4.78 is 0. The second kappa shape index (κ2) is 6.90. The first-order chi connectivity index (χ1) is 10.3. The fourth-order valence-corrected chi connectivity index (χ4v) is 2.39. The maximum Gasteiger partial charge on any atom is 0.0887 e. The van der Waals surface area contributed by atoms with Crippen LogP contribution in [0.4, 0.5) is 0 Å². The summed E-state index contributed by atoms with van der Waals surface area (Å²) in [5.74, 6) is -1.95. The Balaban J connectivity index is 2.41. The summed E-state index contributed by atoms with van der Waals surface area (Å²) in [7, 11) is 0. The average molecular weight is 271 g/mol. The third-order valence-corrected chi connectivity index (χ3v) is 3.46. The van der Waals surface area contributed by atoms with Crippen LogP contribution in [0.3, 0.4) is 0 Å². The lowest BCUT2D eigenvalue weighted by Crippen LogP contribution is -2.17. The molecule has 0 saturated carbocycles. The van der Waals surface area contributed by atoms with Crippen LogP contribution in [0.2, 0.25) is 0 Å². The minimum atomic E-state index is -0.704. The highest BCUT2D eigenvalue weighted by Gasteiger charge is 2.32. The summed E-state index contributed by atoms with van der Waals surface area (Å²) in [5, 5.41) is 28.4. The molecule has 0 bridgehead atoms. The van der Waals surface area contributed by atoms with E-state index in [9.17, 15) is 15.8 Å². The van der Waals surface area contributed by atoms with E-state index in [1.165, 1.54) is 0 Å². The molecule has 0 saturated heterocycles. The van der Waals surface area contributed by atoms with Gasteiger partial charge in [0.05, 0.1) is 36.0 Å².